The SMILES string of the molecule is Cc1cccc(Cn2cc(-c3c(Cl)c(=O)c3=O)c3ccccc32)c1. The second-order valence-corrected chi connectivity index (χ2v) is 6.40. The lowest BCUT2D eigenvalue weighted by Crippen LogP contribution is -2.33. The van der Waals surface area contributed by atoms with Crippen LogP contribution in [0.2, 0.25) is 5.02 Å². The van der Waals surface area contributed by atoms with Crippen molar-refractivity contribution >= 4 is 22.5 Å². The molecule has 0 radical (unpaired) electrons. The average Bonchev–Trinajstić information content (AvgIpc) is 2.93. The van der Waals surface area contributed by atoms with E-state index >= 15 is 0 Å². The molecule has 3 aromatic carbocycles. The molecular formula is C20H14ClNO2. The first-order valence-electron chi connectivity index (χ1n) is 7.69. The van der Waals surface area contributed by atoms with Gasteiger partial charge in [-0.15, -0.1) is 0 Å². The molecule has 0 saturated heterocycles. The lowest BCUT2D eigenvalue weighted by molar-refractivity contribution is 0.836. The minimum Gasteiger partial charge on any atom is -0.342 e. The van der Waals surface area contributed by atoms with Crippen LogP contribution in [-0.2, 0) is 6.54 Å². The summed E-state index contributed by atoms with van der Waals surface area (Å²) in [7, 11) is 0. The molecule has 1 heterocycles. The summed E-state index contributed by atoms with van der Waals surface area (Å²) in [5.41, 5.74) is 3.36. The van der Waals surface area contributed by atoms with E-state index in [-0.39, 0.29) is 5.02 Å². The molecule has 3 nitrogen and oxygen atoms in total. The van der Waals surface area contributed by atoms with Crippen LogP contribution >= 0.6 is 11.6 Å². The number of benzene rings is 2. The number of para-hydroxylation sites is 1. The third kappa shape index (κ3) is 2.21. The quantitative estimate of drug-likeness (QED) is 0.532. The molecule has 4 rings (SSSR count). The maximum absolute atomic E-state index is 11.9. The van der Waals surface area contributed by atoms with Gasteiger partial charge >= 0.3 is 0 Å². The summed E-state index contributed by atoms with van der Waals surface area (Å²) in [5, 5.41) is 0.970. The molecule has 24 heavy (non-hydrogen) atoms. The summed E-state index contributed by atoms with van der Waals surface area (Å²) in [5.74, 6) is 0. The number of nitrogens with zero attached hydrogens (tertiary/aromatic N) is 1. The molecule has 0 fully saturated rings. The Kier molecular flexibility index (Phi) is 3.39. The summed E-state index contributed by atoms with van der Waals surface area (Å²) in [4.78, 5) is 23.4. The monoisotopic (exact) mass is 335 g/mol. The largest absolute Gasteiger partial charge is 0.342 e. The molecule has 0 unspecified atom stereocenters. The van der Waals surface area contributed by atoms with Crippen LogP contribution in [0.15, 0.2) is 64.3 Å². The zero-order chi connectivity index (χ0) is 16.8. The van der Waals surface area contributed by atoms with E-state index in [0.29, 0.717) is 12.1 Å². The maximum atomic E-state index is 11.9. The van der Waals surface area contributed by atoms with E-state index in [0.717, 1.165) is 16.5 Å². The van der Waals surface area contributed by atoms with Gasteiger partial charge in [0.2, 0.25) is 10.9 Å². The normalized spacial score (nSPS) is 11.4. The predicted octanol–water partition coefficient (Wildman–Crippen LogP) is 3.91. The van der Waals surface area contributed by atoms with Gasteiger partial charge in [0.25, 0.3) is 0 Å². The number of rotatable bonds is 3. The number of aryl methyl sites for hydroxylation is 1. The van der Waals surface area contributed by atoms with Gasteiger partial charge in [0.05, 0.1) is 5.56 Å². The second kappa shape index (κ2) is 5.46. The Labute approximate surface area is 143 Å². The number of hydrogen-bond donors (Lipinski definition) is 0. The number of hydrogen-bond acceptors (Lipinski definition) is 2. The molecule has 0 bridgehead atoms. The Morgan fingerprint density at radius 3 is 2.54 bits per heavy atom. The highest BCUT2D eigenvalue weighted by molar-refractivity contribution is 6.34. The zero-order valence-electron chi connectivity index (χ0n) is 13.0. The Morgan fingerprint density at radius 1 is 1.00 bits per heavy atom. The van der Waals surface area contributed by atoms with Gasteiger partial charge < -0.3 is 4.57 Å². The van der Waals surface area contributed by atoms with E-state index in [9.17, 15) is 9.59 Å². The smallest absolute Gasteiger partial charge is 0.245 e. The van der Waals surface area contributed by atoms with Gasteiger partial charge in [-0.3, -0.25) is 9.59 Å². The predicted molar refractivity (Wildman–Crippen MR) is 97.6 cm³/mol. The summed E-state index contributed by atoms with van der Waals surface area (Å²) in [6.07, 6.45) is 1.91. The Hall–Kier alpha value is -2.65. The fourth-order valence-corrected chi connectivity index (χ4v) is 3.46. The third-order valence-electron chi connectivity index (χ3n) is 4.35. The van der Waals surface area contributed by atoms with Crippen molar-refractivity contribution in [3.8, 4) is 11.1 Å². The molecule has 0 aliphatic carbocycles. The molecule has 0 atom stereocenters. The first-order chi connectivity index (χ1) is 11.6. The van der Waals surface area contributed by atoms with Crippen LogP contribution in [0.4, 0.5) is 0 Å². The number of halogens is 1. The molecule has 0 saturated carbocycles. The van der Waals surface area contributed by atoms with Crippen LogP contribution in [0.3, 0.4) is 0 Å². The topological polar surface area (TPSA) is 39.1 Å². The highest BCUT2D eigenvalue weighted by atomic mass is 35.5. The van der Waals surface area contributed by atoms with Crippen molar-refractivity contribution in [3.05, 3.63) is 91.3 Å². The van der Waals surface area contributed by atoms with Gasteiger partial charge in [-0.2, -0.15) is 0 Å². The van der Waals surface area contributed by atoms with E-state index in [1.807, 2.05) is 36.5 Å². The van der Waals surface area contributed by atoms with Gasteiger partial charge in [0.15, 0.2) is 0 Å². The van der Waals surface area contributed by atoms with Crippen molar-refractivity contribution in [1.29, 1.82) is 0 Å². The van der Waals surface area contributed by atoms with Crippen LogP contribution < -0.4 is 10.9 Å². The summed E-state index contributed by atoms with van der Waals surface area (Å²) in [6, 6.07) is 16.1. The van der Waals surface area contributed by atoms with Crippen molar-refractivity contribution in [3.63, 3.8) is 0 Å². The molecule has 0 spiro atoms. The van der Waals surface area contributed by atoms with Crippen LogP contribution in [0.5, 0.6) is 0 Å². The average molecular weight is 336 g/mol. The molecule has 0 aliphatic heterocycles. The van der Waals surface area contributed by atoms with E-state index in [1.54, 1.807) is 0 Å². The molecule has 1 aromatic heterocycles. The van der Waals surface area contributed by atoms with Crippen LogP contribution in [-0.4, -0.2) is 4.57 Å². The fraction of sp³-hybridized carbons (Fsp3) is 0.100. The van der Waals surface area contributed by atoms with Gasteiger partial charge in [-0.05, 0) is 18.6 Å². The number of fused-ring (bicyclic) bond motifs is 1. The number of aromatic nitrogens is 1. The molecule has 4 aromatic rings. The van der Waals surface area contributed by atoms with Crippen molar-refractivity contribution in [2.45, 2.75) is 13.5 Å². The molecule has 118 valence electrons. The van der Waals surface area contributed by atoms with E-state index in [1.165, 1.54) is 11.1 Å². The van der Waals surface area contributed by atoms with Crippen molar-refractivity contribution in [2.75, 3.05) is 0 Å². The van der Waals surface area contributed by atoms with E-state index < -0.39 is 10.9 Å². The van der Waals surface area contributed by atoms with Crippen LogP contribution in [0, 0.1) is 6.92 Å². The lowest BCUT2D eigenvalue weighted by Gasteiger charge is -2.06. The van der Waals surface area contributed by atoms with E-state index in [2.05, 4.69) is 29.7 Å². The highest BCUT2D eigenvalue weighted by Crippen LogP contribution is 2.32. The Morgan fingerprint density at radius 2 is 1.79 bits per heavy atom. The third-order valence-corrected chi connectivity index (χ3v) is 4.71. The molecule has 0 N–H and O–H groups in total. The Balaban J connectivity index is 1.89. The standard InChI is InChI=1S/C20H14ClNO2/c1-12-5-4-6-13(9-12)10-22-11-15(14-7-2-3-8-16(14)22)17-18(21)20(24)19(17)23/h2-9,11H,10H2,1H3. The first kappa shape index (κ1) is 14.9. The molecular weight excluding hydrogens is 322 g/mol. The van der Waals surface area contributed by atoms with Crippen molar-refractivity contribution in [2.24, 2.45) is 0 Å². The van der Waals surface area contributed by atoms with E-state index in [4.69, 9.17) is 11.6 Å². The molecule has 0 aliphatic rings. The maximum Gasteiger partial charge on any atom is 0.245 e. The van der Waals surface area contributed by atoms with Crippen LogP contribution in [0.1, 0.15) is 11.1 Å². The fourth-order valence-electron chi connectivity index (χ4n) is 3.19. The van der Waals surface area contributed by atoms with Gasteiger partial charge in [0, 0.05) is 29.2 Å². The van der Waals surface area contributed by atoms with Crippen LogP contribution in [0.25, 0.3) is 22.0 Å². The molecule has 4 heteroatoms. The minimum absolute atomic E-state index is 0.0402. The van der Waals surface area contributed by atoms with Crippen molar-refractivity contribution in [1.82, 2.24) is 4.57 Å². The molecule has 0 amide bonds. The Bertz CT molecular complexity index is 1150. The minimum atomic E-state index is -0.595. The second-order valence-electron chi connectivity index (χ2n) is 6.02. The summed E-state index contributed by atoms with van der Waals surface area (Å²) < 4.78 is 2.09. The summed E-state index contributed by atoms with van der Waals surface area (Å²) >= 11 is 5.99. The lowest BCUT2D eigenvalue weighted by atomic mass is 10.0. The van der Waals surface area contributed by atoms with Gasteiger partial charge in [0.1, 0.15) is 5.02 Å². The first-order valence-corrected chi connectivity index (χ1v) is 8.06. The summed E-state index contributed by atoms with van der Waals surface area (Å²) in [6.45, 7) is 2.75. The van der Waals surface area contributed by atoms with Gasteiger partial charge in [-0.25, -0.2) is 0 Å². The van der Waals surface area contributed by atoms with Gasteiger partial charge in [-0.1, -0.05) is 59.6 Å². The highest BCUT2D eigenvalue weighted by Gasteiger charge is 2.23. The van der Waals surface area contributed by atoms with Crippen molar-refractivity contribution < 1.29 is 0 Å². The zero-order valence-corrected chi connectivity index (χ0v) is 13.8.